The van der Waals surface area contributed by atoms with Crippen molar-refractivity contribution >= 4 is 5.97 Å². The smallest absolute Gasteiger partial charge is 0.331 e. The van der Waals surface area contributed by atoms with Gasteiger partial charge in [-0.05, 0) is 24.7 Å². The minimum absolute atomic E-state index is 0.490. The molecular weight excluding hydrogens is 178 g/mol. The van der Waals surface area contributed by atoms with E-state index in [1.54, 1.807) is 6.08 Å². The van der Waals surface area contributed by atoms with E-state index in [4.69, 9.17) is 5.11 Å². The van der Waals surface area contributed by atoms with Gasteiger partial charge in [0, 0.05) is 18.7 Å². The van der Waals surface area contributed by atoms with Gasteiger partial charge in [0.05, 0.1) is 0 Å². The highest BCUT2D eigenvalue weighted by molar-refractivity contribution is 5.86. The Kier molecular flexibility index (Phi) is 3.69. The van der Waals surface area contributed by atoms with Crippen LogP contribution in [0.25, 0.3) is 0 Å². The number of aliphatic carboxylic acids is 1. The van der Waals surface area contributed by atoms with E-state index >= 15 is 0 Å². The van der Waals surface area contributed by atoms with Crippen molar-refractivity contribution in [2.24, 2.45) is 5.41 Å². The van der Waals surface area contributed by atoms with Gasteiger partial charge in [-0.25, -0.2) is 4.79 Å². The van der Waals surface area contributed by atoms with E-state index in [0.29, 0.717) is 24.0 Å². The molecule has 1 aliphatic rings. The molecule has 80 valence electrons. The molecule has 14 heavy (non-hydrogen) atoms. The van der Waals surface area contributed by atoms with Crippen LogP contribution in [0.3, 0.4) is 0 Å². The second-order valence-corrected chi connectivity index (χ2v) is 4.33. The molecule has 0 aromatic heterocycles. The van der Waals surface area contributed by atoms with Crippen molar-refractivity contribution in [3.8, 4) is 0 Å². The van der Waals surface area contributed by atoms with Crippen LogP contribution in [0.2, 0.25) is 0 Å². The number of carbonyl (C=O) groups is 1. The maximum absolute atomic E-state index is 10.6. The molecule has 0 amide bonds. The van der Waals surface area contributed by atoms with E-state index in [9.17, 15) is 4.79 Å². The SMILES string of the molecule is CCC(=CCNCC1(C)CC1)C(=O)O. The zero-order valence-corrected chi connectivity index (χ0v) is 8.97. The second kappa shape index (κ2) is 4.60. The van der Waals surface area contributed by atoms with Crippen LogP contribution in [-0.4, -0.2) is 24.2 Å². The third-order valence-corrected chi connectivity index (χ3v) is 2.80. The lowest BCUT2D eigenvalue weighted by molar-refractivity contribution is -0.132. The van der Waals surface area contributed by atoms with E-state index in [1.165, 1.54) is 12.8 Å². The van der Waals surface area contributed by atoms with Gasteiger partial charge >= 0.3 is 5.97 Å². The lowest BCUT2D eigenvalue weighted by atomic mass is 10.1. The zero-order valence-electron chi connectivity index (χ0n) is 8.97. The zero-order chi connectivity index (χ0) is 10.6. The van der Waals surface area contributed by atoms with Gasteiger partial charge in [-0.1, -0.05) is 19.9 Å². The summed E-state index contributed by atoms with van der Waals surface area (Å²) in [6, 6.07) is 0. The first-order valence-electron chi connectivity index (χ1n) is 5.20. The first-order valence-corrected chi connectivity index (χ1v) is 5.20. The summed E-state index contributed by atoms with van der Waals surface area (Å²) in [5.41, 5.74) is 0.988. The van der Waals surface area contributed by atoms with Gasteiger partial charge in [-0.15, -0.1) is 0 Å². The molecule has 0 radical (unpaired) electrons. The fourth-order valence-electron chi connectivity index (χ4n) is 1.34. The van der Waals surface area contributed by atoms with Crippen LogP contribution < -0.4 is 5.32 Å². The topological polar surface area (TPSA) is 49.3 Å². The van der Waals surface area contributed by atoms with Crippen molar-refractivity contribution < 1.29 is 9.90 Å². The third kappa shape index (κ3) is 3.50. The quantitative estimate of drug-likeness (QED) is 0.504. The van der Waals surface area contributed by atoms with Gasteiger partial charge in [-0.2, -0.15) is 0 Å². The molecule has 0 aromatic carbocycles. The predicted molar refractivity (Wildman–Crippen MR) is 56.2 cm³/mol. The van der Waals surface area contributed by atoms with Gasteiger partial charge < -0.3 is 10.4 Å². The molecule has 0 spiro atoms. The standard InChI is InChI=1S/C11H19NO2/c1-3-9(10(13)14)4-7-12-8-11(2)5-6-11/h4,12H,3,5-8H2,1-2H3,(H,13,14). The fraction of sp³-hybridized carbons (Fsp3) is 0.727. The Balaban J connectivity index is 2.20. The Hall–Kier alpha value is -0.830. The summed E-state index contributed by atoms with van der Waals surface area (Å²) >= 11 is 0. The summed E-state index contributed by atoms with van der Waals surface area (Å²) in [5, 5.41) is 12.0. The van der Waals surface area contributed by atoms with Crippen molar-refractivity contribution in [2.75, 3.05) is 13.1 Å². The number of hydrogen-bond acceptors (Lipinski definition) is 2. The summed E-state index contributed by atoms with van der Waals surface area (Å²) in [4.78, 5) is 10.6. The van der Waals surface area contributed by atoms with E-state index in [-0.39, 0.29) is 0 Å². The molecule has 0 heterocycles. The average molecular weight is 197 g/mol. The highest BCUT2D eigenvalue weighted by Crippen LogP contribution is 2.43. The Morgan fingerprint density at radius 2 is 2.21 bits per heavy atom. The lowest BCUT2D eigenvalue weighted by Crippen LogP contribution is -2.22. The van der Waals surface area contributed by atoms with Gasteiger partial charge in [0.15, 0.2) is 0 Å². The molecule has 0 aromatic rings. The van der Waals surface area contributed by atoms with Crippen LogP contribution in [-0.2, 0) is 4.79 Å². The molecule has 0 bridgehead atoms. The Bertz CT molecular complexity index is 242. The second-order valence-electron chi connectivity index (χ2n) is 4.33. The third-order valence-electron chi connectivity index (χ3n) is 2.80. The van der Waals surface area contributed by atoms with E-state index in [1.807, 2.05) is 6.92 Å². The summed E-state index contributed by atoms with van der Waals surface area (Å²) in [5.74, 6) is -0.799. The van der Waals surface area contributed by atoms with Crippen LogP contribution in [0.15, 0.2) is 11.6 Å². The summed E-state index contributed by atoms with van der Waals surface area (Å²) in [7, 11) is 0. The molecule has 1 rings (SSSR count). The monoisotopic (exact) mass is 197 g/mol. The summed E-state index contributed by atoms with van der Waals surface area (Å²) in [6.45, 7) is 5.79. The van der Waals surface area contributed by atoms with Crippen molar-refractivity contribution in [1.82, 2.24) is 5.32 Å². The van der Waals surface area contributed by atoms with E-state index in [2.05, 4.69) is 12.2 Å². The summed E-state index contributed by atoms with van der Waals surface area (Å²) < 4.78 is 0. The Morgan fingerprint density at radius 1 is 1.57 bits per heavy atom. The normalized spacial score (nSPS) is 19.4. The molecule has 0 saturated heterocycles. The van der Waals surface area contributed by atoms with Crippen molar-refractivity contribution in [3.05, 3.63) is 11.6 Å². The minimum Gasteiger partial charge on any atom is -0.478 e. The minimum atomic E-state index is -0.799. The van der Waals surface area contributed by atoms with Crippen molar-refractivity contribution in [3.63, 3.8) is 0 Å². The number of carboxylic acid groups (broad SMARTS) is 1. The molecular formula is C11H19NO2. The van der Waals surface area contributed by atoms with Gasteiger partial charge in [-0.3, -0.25) is 0 Å². The molecule has 3 nitrogen and oxygen atoms in total. The van der Waals surface area contributed by atoms with Gasteiger partial charge in [0.1, 0.15) is 0 Å². The highest BCUT2D eigenvalue weighted by Gasteiger charge is 2.36. The Labute approximate surface area is 85.2 Å². The first-order chi connectivity index (χ1) is 6.57. The average Bonchev–Trinajstić information content (AvgIpc) is 2.84. The van der Waals surface area contributed by atoms with Gasteiger partial charge in [0.2, 0.25) is 0 Å². The van der Waals surface area contributed by atoms with Crippen molar-refractivity contribution in [2.45, 2.75) is 33.1 Å². The molecule has 2 N–H and O–H groups in total. The first kappa shape index (κ1) is 11.2. The maximum atomic E-state index is 10.6. The number of nitrogens with one attached hydrogen (secondary N) is 1. The molecule has 1 fully saturated rings. The van der Waals surface area contributed by atoms with Crippen LogP contribution in [0.5, 0.6) is 0 Å². The molecule has 3 heteroatoms. The van der Waals surface area contributed by atoms with Crippen LogP contribution in [0, 0.1) is 5.41 Å². The molecule has 1 aliphatic carbocycles. The number of carboxylic acids is 1. The van der Waals surface area contributed by atoms with Gasteiger partial charge in [0.25, 0.3) is 0 Å². The predicted octanol–water partition coefficient (Wildman–Crippen LogP) is 1.80. The number of rotatable bonds is 6. The lowest BCUT2D eigenvalue weighted by Gasteiger charge is -2.07. The maximum Gasteiger partial charge on any atom is 0.331 e. The van der Waals surface area contributed by atoms with Crippen LogP contribution in [0.4, 0.5) is 0 Å². The molecule has 0 aliphatic heterocycles. The highest BCUT2D eigenvalue weighted by atomic mass is 16.4. The number of hydrogen-bond donors (Lipinski definition) is 2. The van der Waals surface area contributed by atoms with E-state index < -0.39 is 5.97 Å². The molecule has 0 unspecified atom stereocenters. The largest absolute Gasteiger partial charge is 0.478 e. The van der Waals surface area contributed by atoms with Crippen LogP contribution in [0.1, 0.15) is 33.1 Å². The molecule has 0 atom stereocenters. The van der Waals surface area contributed by atoms with Crippen molar-refractivity contribution in [1.29, 1.82) is 0 Å². The fourth-order valence-corrected chi connectivity index (χ4v) is 1.34. The summed E-state index contributed by atoms with van der Waals surface area (Å²) in [6.07, 6.45) is 4.95. The Morgan fingerprint density at radius 3 is 2.64 bits per heavy atom. The molecule has 1 saturated carbocycles. The van der Waals surface area contributed by atoms with Crippen LogP contribution >= 0.6 is 0 Å². The van der Waals surface area contributed by atoms with E-state index in [0.717, 1.165) is 6.54 Å².